The lowest BCUT2D eigenvalue weighted by atomic mass is 10.1. The summed E-state index contributed by atoms with van der Waals surface area (Å²) in [6.07, 6.45) is -0.244. The fourth-order valence-electron chi connectivity index (χ4n) is 1.82. The van der Waals surface area contributed by atoms with Gasteiger partial charge in [-0.2, -0.15) is 0 Å². The van der Waals surface area contributed by atoms with Crippen molar-refractivity contribution in [2.24, 2.45) is 11.5 Å². The summed E-state index contributed by atoms with van der Waals surface area (Å²) in [5.41, 5.74) is 12.4. The SMILES string of the molecule is NCC(Oc1ccc(C(N)=O)cc1)c1cccc(Br)c1. The molecule has 0 radical (unpaired) electrons. The summed E-state index contributed by atoms with van der Waals surface area (Å²) in [6, 6.07) is 14.5. The van der Waals surface area contributed by atoms with Gasteiger partial charge in [-0.1, -0.05) is 28.1 Å². The molecule has 0 saturated heterocycles. The second-order valence-corrected chi connectivity index (χ2v) is 5.20. The highest BCUT2D eigenvalue weighted by Crippen LogP contribution is 2.23. The standard InChI is InChI=1S/C15H15BrN2O2/c16-12-3-1-2-11(8-12)14(9-17)20-13-6-4-10(5-7-13)15(18)19/h1-8,14H,9,17H2,(H2,18,19). The third kappa shape index (κ3) is 3.59. The number of ether oxygens (including phenoxy) is 1. The Morgan fingerprint density at radius 1 is 1.20 bits per heavy atom. The number of carbonyl (C=O) groups is 1. The van der Waals surface area contributed by atoms with Crippen molar-refractivity contribution in [1.29, 1.82) is 0 Å². The zero-order chi connectivity index (χ0) is 14.5. The zero-order valence-corrected chi connectivity index (χ0v) is 12.3. The number of benzene rings is 2. The van der Waals surface area contributed by atoms with E-state index in [-0.39, 0.29) is 6.10 Å². The maximum absolute atomic E-state index is 11.0. The highest BCUT2D eigenvalue weighted by Gasteiger charge is 2.12. The van der Waals surface area contributed by atoms with Crippen LogP contribution in [0.25, 0.3) is 0 Å². The summed E-state index contributed by atoms with van der Waals surface area (Å²) in [6.45, 7) is 0.355. The van der Waals surface area contributed by atoms with Gasteiger partial charge in [0.2, 0.25) is 5.91 Å². The number of nitrogens with two attached hydrogens (primary N) is 2. The maximum atomic E-state index is 11.0. The number of primary amides is 1. The van der Waals surface area contributed by atoms with Crippen molar-refractivity contribution in [2.45, 2.75) is 6.10 Å². The summed E-state index contributed by atoms with van der Waals surface area (Å²) in [5.74, 6) is 0.185. The molecule has 2 aromatic rings. The van der Waals surface area contributed by atoms with Crippen molar-refractivity contribution >= 4 is 21.8 Å². The van der Waals surface area contributed by atoms with Gasteiger partial charge in [-0.15, -0.1) is 0 Å². The van der Waals surface area contributed by atoms with Crippen molar-refractivity contribution in [3.63, 3.8) is 0 Å². The van der Waals surface area contributed by atoms with Crippen LogP contribution in [-0.4, -0.2) is 12.5 Å². The molecule has 0 aromatic heterocycles. The van der Waals surface area contributed by atoms with Crippen molar-refractivity contribution in [3.8, 4) is 5.75 Å². The lowest BCUT2D eigenvalue weighted by molar-refractivity contribution is 0.1000. The van der Waals surface area contributed by atoms with Crippen LogP contribution in [-0.2, 0) is 0 Å². The highest BCUT2D eigenvalue weighted by atomic mass is 79.9. The highest BCUT2D eigenvalue weighted by molar-refractivity contribution is 9.10. The second kappa shape index (κ2) is 6.54. The Morgan fingerprint density at radius 2 is 1.90 bits per heavy atom. The average Bonchev–Trinajstić information content (AvgIpc) is 2.45. The van der Waals surface area contributed by atoms with E-state index in [2.05, 4.69) is 15.9 Å². The molecule has 0 saturated carbocycles. The van der Waals surface area contributed by atoms with Crippen molar-refractivity contribution in [1.82, 2.24) is 0 Å². The lowest BCUT2D eigenvalue weighted by Crippen LogP contribution is -2.18. The maximum Gasteiger partial charge on any atom is 0.248 e. The van der Waals surface area contributed by atoms with Gasteiger partial charge in [-0.05, 0) is 42.0 Å². The van der Waals surface area contributed by atoms with E-state index in [0.29, 0.717) is 17.9 Å². The van der Waals surface area contributed by atoms with Gasteiger partial charge in [0, 0.05) is 16.6 Å². The van der Waals surface area contributed by atoms with Crippen LogP contribution < -0.4 is 16.2 Å². The first-order valence-corrected chi connectivity index (χ1v) is 6.91. The number of halogens is 1. The van der Waals surface area contributed by atoms with Gasteiger partial charge < -0.3 is 16.2 Å². The van der Waals surface area contributed by atoms with Crippen LogP contribution in [0.15, 0.2) is 53.0 Å². The van der Waals surface area contributed by atoms with E-state index in [1.54, 1.807) is 24.3 Å². The molecule has 0 aliphatic rings. The van der Waals surface area contributed by atoms with Crippen molar-refractivity contribution in [2.75, 3.05) is 6.54 Å². The zero-order valence-electron chi connectivity index (χ0n) is 10.8. The average molecular weight is 335 g/mol. The van der Waals surface area contributed by atoms with Crippen LogP contribution in [0.5, 0.6) is 5.75 Å². The molecule has 0 fully saturated rings. The first-order chi connectivity index (χ1) is 9.60. The minimum absolute atomic E-state index is 0.244. The molecule has 0 aliphatic carbocycles. The number of rotatable bonds is 5. The molecule has 4 nitrogen and oxygen atoms in total. The molecular formula is C15H15BrN2O2. The predicted molar refractivity (Wildman–Crippen MR) is 81.5 cm³/mol. The molecule has 1 unspecified atom stereocenters. The molecule has 1 amide bonds. The molecule has 0 bridgehead atoms. The second-order valence-electron chi connectivity index (χ2n) is 4.29. The smallest absolute Gasteiger partial charge is 0.248 e. The largest absolute Gasteiger partial charge is 0.484 e. The fourth-order valence-corrected chi connectivity index (χ4v) is 2.24. The topological polar surface area (TPSA) is 78.3 Å². The van der Waals surface area contributed by atoms with Crippen molar-refractivity contribution in [3.05, 3.63) is 64.1 Å². The Balaban J connectivity index is 2.16. The van der Waals surface area contributed by atoms with Crippen molar-refractivity contribution < 1.29 is 9.53 Å². The first-order valence-electron chi connectivity index (χ1n) is 6.12. The van der Waals surface area contributed by atoms with Crippen LogP contribution in [0, 0.1) is 0 Å². The molecule has 2 rings (SSSR count). The Morgan fingerprint density at radius 3 is 2.45 bits per heavy atom. The molecule has 1 atom stereocenters. The minimum atomic E-state index is -0.459. The van der Waals surface area contributed by atoms with E-state index in [0.717, 1.165) is 10.0 Å². The Hall–Kier alpha value is -1.85. The Bertz CT molecular complexity index is 599. The Kier molecular flexibility index (Phi) is 4.76. The van der Waals surface area contributed by atoms with E-state index < -0.39 is 5.91 Å². The third-order valence-corrected chi connectivity index (χ3v) is 3.34. The molecular weight excluding hydrogens is 320 g/mol. The summed E-state index contributed by atoms with van der Waals surface area (Å²) >= 11 is 3.42. The van der Waals surface area contributed by atoms with Gasteiger partial charge in [-0.3, -0.25) is 4.79 Å². The van der Waals surface area contributed by atoms with Crippen LogP contribution >= 0.6 is 15.9 Å². The summed E-state index contributed by atoms with van der Waals surface area (Å²) in [7, 11) is 0. The minimum Gasteiger partial charge on any atom is -0.484 e. The number of amides is 1. The third-order valence-electron chi connectivity index (χ3n) is 2.85. The molecule has 5 heteroatoms. The molecule has 0 heterocycles. The van der Waals surface area contributed by atoms with Crippen LogP contribution in [0.1, 0.15) is 22.0 Å². The van der Waals surface area contributed by atoms with Gasteiger partial charge in [0.05, 0.1) is 0 Å². The van der Waals surface area contributed by atoms with E-state index in [9.17, 15) is 4.79 Å². The molecule has 0 spiro atoms. The van der Waals surface area contributed by atoms with E-state index in [4.69, 9.17) is 16.2 Å². The van der Waals surface area contributed by atoms with Crippen LogP contribution in [0.4, 0.5) is 0 Å². The van der Waals surface area contributed by atoms with Gasteiger partial charge in [0.1, 0.15) is 11.9 Å². The van der Waals surface area contributed by atoms with Crippen LogP contribution in [0.2, 0.25) is 0 Å². The summed E-state index contributed by atoms with van der Waals surface area (Å²) in [5, 5.41) is 0. The normalized spacial score (nSPS) is 11.9. The fraction of sp³-hybridized carbons (Fsp3) is 0.133. The molecule has 4 N–H and O–H groups in total. The van der Waals surface area contributed by atoms with E-state index >= 15 is 0 Å². The predicted octanol–water partition coefficient (Wildman–Crippen LogP) is 2.63. The molecule has 20 heavy (non-hydrogen) atoms. The van der Waals surface area contributed by atoms with E-state index in [1.807, 2.05) is 24.3 Å². The monoisotopic (exact) mass is 334 g/mol. The number of hydrogen-bond acceptors (Lipinski definition) is 3. The van der Waals surface area contributed by atoms with Gasteiger partial charge in [-0.25, -0.2) is 0 Å². The van der Waals surface area contributed by atoms with Gasteiger partial charge >= 0.3 is 0 Å². The summed E-state index contributed by atoms with van der Waals surface area (Å²) < 4.78 is 6.81. The quantitative estimate of drug-likeness (QED) is 0.882. The Labute approximate surface area is 125 Å². The molecule has 2 aromatic carbocycles. The molecule has 0 aliphatic heterocycles. The lowest BCUT2D eigenvalue weighted by Gasteiger charge is -2.18. The van der Waals surface area contributed by atoms with Crippen LogP contribution in [0.3, 0.4) is 0 Å². The first kappa shape index (κ1) is 14.6. The summed E-state index contributed by atoms with van der Waals surface area (Å²) in [4.78, 5) is 11.0. The van der Waals surface area contributed by atoms with Gasteiger partial charge in [0.15, 0.2) is 0 Å². The molecule has 104 valence electrons. The van der Waals surface area contributed by atoms with Gasteiger partial charge in [0.25, 0.3) is 0 Å². The van der Waals surface area contributed by atoms with E-state index in [1.165, 1.54) is 0 Å². The number of carbonyl (C=O) groups excluding carboxylic acids is 1. The number of hydrogen-bond donors (Lipinski definition) is 2.